The minimum atomic E-state index is -1.50. The highest BCUT2D eigenvalue weighted by Crippen LogP contribution is 2.47. The highest BCUT2D eigenvalue weighted by Gasteiger charge is 2.46. The number of anilines is 1. The van der Waals surface area contributed by atoms with E-state index in [1.165, 1.54) is 44.8 Å². The number of fused-ring (bicyclic) bond motifs is 2. The van der Waals surface area contributed by atoms with E-state index < -0.39 is 37.3 Å². The molecule has 5 N–H and O–H groups in total. The normalized spacial score (nSPS) is 25.2. The molecule has 3 aliphatic heterocycles. The number of nitrogens with zero attached hydrogens (tertiary/aromatic N) is 5. The number of carbonyl (C=O) groups is 1. The molecule has 0 radical (unpaired) electrons. The van der Waals surface area contributed by atoms with Crippen molar-refractivity contribution in [2.45, 2.75) is 108 Å². The Hall–Kier alpha value is -4.46. The largest absolute Gasteiger partial charge is 0.394 e. The summed E-state index contributed by atoms with van der Waals surface area (Å²) in [6.45, 7) is 12.7. The van der Waals surface area contributed by atoms with Crippen LogP contribution in [0.25, 0.3) is 0 Å². The molecule has 288 valence electrons. The zero-order chi connectivity index (χ0) is 38.6. The van der Waals surface area contributed by atoms with Gasteiger partial charge in [0.1, 0.15) is 36.6 Å². The molecule has 3 aliphatic rings. The standard InChI is InChI=1S/C42H54N6O6/c1-6-46-31-19-14-12-17-29(31)41(2,3)34(46)21-9-7-10-22-35-42(4,5)30-18-13-15-20-32(30)47(35)24-16-8-11-23-36(50)43-25-28-26-48(45-44-28)37-39(52)38(51)33(27-49)54-40(37)53/h7,9-10,12-15,17-22,26,33,37-40,49,51-53H,6,8,11,16,23-25,27H2,1-5H3/p+1/t33-,37?,38+,39+,40+/m0/s1. The first-order chi connectivity index (χ1) is 25.9. The van der Waals surface area contributed by atoms with Gasteiger partial charge in [0.25, 0.3) is 0 Å². The number of rotatable bonds is 14. The SMILES string of the molecule is CCN1\C(=C/C=C/C=C/C2=[N+](CCCCCC(=O)NCc3cn(C4[C@H](O)O[C@@H](CO)[C@@H](O)[C@@H]4O)nn3)c3ccccc3C2(C)C)C(C)(C)c2ccccc21. The average molecular weight is 740 g/mol. The fourth-order valence-corrected chi connectivity index (χ4v) is 8.14. The number of aromatic nitrogens is 3. The smallest absolute Gasteiger partial charge is 0.220 e. The number of likely N-dealkylation sites (N-methyl/N-ethyl adjacent to an activating group) is 1. The second kappa shape index (κ2) is 16.5. The molecule has 4 heterocycles. The molecule has 3 aromatic rings. The van der Waals surface area contributed by atoms with Gasteiger partial charge in [0.05, 0.1) is 24.8 Å². The Morgan fingerprint density at radius 1 is 0.944 bits per heavy atom. The molecule has 12 heteroatoms. The maximum absolute atomic E-state index is 12.7. The van der Waals surface area contributed by atoms with Crippen molar-refractivity contribution in [1.29, 1.82) is 0 Å². The predicted octanol–water partition coefficient (Wildman–Crippen LogP) is 4.32. The number of amides is 1. The summed E-state index contributed by atoms with van der Waals surface area (Å²) in [4.78, 5) is 15.1. The molecule has 0 aliphatic carbocycles. The number of aliphatic hydroxyl groups excluding tert-OH is 4. The Morgan fingerprint density at radius 2 is 1.69 bits per heavy atom. The minimum absolute atomic E-state index is 0.0662. The van der Waals surface area contributed by atoms with Gasteiger partial charge in [0.15, 0.2) is 12.0 Å². The van der Waals surface area contributed by atoms with Crippen LogP contribution in [0.3, 0.4) is 0 Å². The van der Waals surface area contributed by atoms with Gasteiger partial charge in [-0.05, 0) is 51.3 Å². The monoisotopic (exact) mass is 739 g/mol. The lowest BCUT2D eigenvalue weighted by Crippen LogP contribution is -2.56. The summed E-state index contributed by atoms with van der Waals surface area (Å²) in [5.41, 5.74) is 7.93. The summed E-state index contributed by atoms with van der Waals surface area (Å²) in [5, 5.41) is 51.1. The lowest BCUT2D eigenvalue weighted by molar-refractivity contribution is -0.438. The van der Waals surface area contributed by atoms with Crippen LogP contribution in [0.15, 0.2) is 90.8 Å². The minimum Gasteiger partial charge on any atom is -0.394 e. The van der Waals surface area contributed by atoms with E-state index in [-0.39, 0.29) is 23.3 Å². The first-order valence-corrected chi connectivity index (χ1v) is 19.0. The fourth-order valence-electron chi connectivity index (χ4n) is 8.14. The Kier molecular flexibility index (Phi) is 12.0. The van der Waals surface area contributed by atoms with E-state index in [2.05, 4.69) is 139 Å². The van der Waals surface area contributed by atoms with Crippen LogP contribution >= 0.6 is 0 Å². The maximum atomic E-state index is 12.7. The van der Waals surface area contributed by atoms with Crippen LogP contribution in [0.1, 0.15) is 83.2 Å². The van der Waals surface area contributed by atoms with Crippen molar-refractivity contribution in [3.05, 3.63) is 108 Å². The molecule has 1 fully saturated rings. The first-order valence-electron chi connectivity index (χ1n) is 19.0. The molecule has 6 rings (SSSR count). The molecule has 5 atom stereocenters. The van der Waals surface area contributed by atoms with Crippen LogP contribution < -0.4 is 10.2 Å². The van der Waals surface area contributed by atoms with Crippen LogP contribution in [-0.4, -0.2) is 95.9 Å². The summed E-state index contributed by atoms with van der Waals surface area (Å²) in [5.74, 6) is -0.108. The molecule has 1 aromatic heterocycles. The third-order valence-corrected chi connectivity index (χ3v) is 11.1. The van der Waals surface area contributed by atoms with E-state index in [9.17, 15) is 25.2 Å². The molecule has 1 unspecified atom stereocenters. The van der Waals surface area contributed by atoms with Crippen molar-refractivity contribution < 1.29 is 34.5 Å². The molecule has 1 saturated heterocycles. The zero-order valence-electron chi connectivity index (χ0n) is 32.0. The second-order valence-electron chi connectivity index (χ2n) is 15.4. The Bertz CT molecular complexity index is 1930. The maximum Gasteiger partial charge on any atom is 0.220 e. The number of para-hydroxylation sites is 2. The number of aliphatic hydroxyl groups is 4. The summed E-state index contributed by atoms with van der Waals surface area (Å²) in [6, 6.07) is 16.2. The highest BCUT2D eigenvalue weighted by atomic mass is 16.6. The van der Waals surface area contributed by atoms with E-state index in [1.54, 1.807) is 0 Å². The third kappa shape index (κ3) is 7.71. The van der Waals surface area contributed by atoms with Gasteiger partial charge in [-0.25, -0.2) is 4.68 Å². The number of unbranched alkanes of at least 4 members (excludes halogenated alkanes) is 2. The summed E-state index contributed by atoms with van der Waals surface area (Å²) < 4.78 is 8.84. The van der Waals surface area contributed by atoms with Crippen molar-refractivity contribution in [2.24, 2.45) is 0 Å². The van der Waals surface area contributed by atoms with E-state index in [0.717, 1.165) is 32.4 Å². The second-order valence-corrected chi connectivity index (χ2v) is 15.4. The van der Waals surface area contributed by atoms with E-state index in [1.807, 2.05) is 0 Å². The lowest BCUT2D eigenvalue weighted by Gasteiger charge is -2.39. The Balaban J connectivity index is 1.03. The van der Waals surface area contributed by atoms with Gasteiger partial charge in [0, 0.05) is 53.9 Å². The summed E-state index contributed by atoms with van der Waals surface area (Å²) >= 11 is 0. The van der Waals surface area contributed by atoms with Crippen LogP contribution in [0.4, 0.5) is 11.4 Å². The first kappa shape index (κ1) is 39.2. The Morgan fingerprint density at radius 3 is 2.44 bits per heavy atom. The van der Waals surface area contributed by atoms with Crippen molar-refractivity contribution >= 4 is 23.0 Å². The number of hydrogen-bond acceptors (Lipinski definition) is 9. The van der Waals surface area contributed by atoms with Crippen molar-refractivity contribution in [3.63, 3.8) is 0 Å². The van der Waals surface area contributed by atoms with E-state index in [0.29, 0.717) is 12.1 Å². The third-order valence-electron chi connectivity index (χ3n) is 11.1. The molecule has 0 saturated carbocycles. The van der Waals surface area contributed by atoms with Crippen molar-refractivity contribution in [3.8, 4) is 0 Å². The highest BCUT2D eigenvalue weighted by molar-refractivity contribution is 6.03. The molecule has 0 bridgehead atoms. The fraction of sp³-hybridized carbons (Fsp3) is 0.476. The molecular weight excluding hydrogens is 684 g/mol. The van der Waals surface area contributed by atoms with Gasteiger partial charge in [-0.15, -0.1) is 5.10 Å². The molecule has 2 aromatic carbocycles. The molecule has 1 amide bonds. The van der Waals surface area contributed by atoms with Gasteiger partial charge in [0.2, 0.25) is 11.6 Å². The number of carbonyl (C=O) groups excluding carboxylic acids is 1. The van der Waals surface area contributed by atoms with Gasteiger partial charge >= 0.3 is 0 Å². The van der Waals surface area contributed by atoms with Gasteiger partial charge in [-0.1, -0.05) is 73.7 Å². The number of nitrogens with one attached hydrogen (secondary N) is 1. The average Bonchev–Trinajstić information content (AvgIpc) is 3.77. The van der Waals surface area contributed by atoms with E-state index in [4.69, 9.17) is 4.74 Å². The predicted molar refractivity (Wildman–Crippen MR) is 207 cm³/mol. The summed E-state index contributed by atoms with van der Waals surface area (Å²) in [6.07, 6.45) is 9.83. The van der Waals surface area contributed by atoms with Gasteiger partial charge in [-0.2, -0.15) is 4.58 Å². The topological polar surface area (TPSA) is 156 Å². The molecular formula is C42H55N6O6+. The number of benzene rings is 2. The number of hydrogen-bond donors (Lipinski definition) is 5. The summed E-state index contributed by atoms with van der Waals surface area (Å²) in [7, 11) is 0. The lowest BCUT2D eigenvalue weighted by atomic mass is 9.81. The van der Waals surface area contributed by atoms with Gasteiger partial charge < -0.3 is 35.4 Å². The zero-order valence-corrected chi connectivity index (χ0v) is 32.0. The molecule has 0 spiro atoms. The number of ether oxygens (including phenoxy) is 1. The van der Waals surface area contributed by atoms with Crippen molar-refractivity contribution in [1.82, 2.24) is 20.3 Å². The quantitative estimate of drug-likeness (QED) is 0.0924. The van der Waals surface area contributed by atoms with Crippen LogP contribution in [0.5, 0.6) is 0 Å². The molecule has 12 nitrogen and oxygen atoms in total. The van der Waals surface area contributed by atoms with Crippen LogP contribution in [0.2, 0.25) is 0 Å². The van der Waals surface area contributed by atoms with Gasteiger partial charge in [-0.3, -0.25) is 4.79 Å². The van der Waals surface area contributed by atoms with Crippen LogP contribution in [0, 0.1) is 0 Å². The van der Waals surface area contributed by atoms with E-state index >= 15 is 0 Å². The Labute approximate surface area is 317 Å². The van der Waals surface area contributed by atoms with Crippen LogP contribution in [-0.2, 0) is 26.9 Å². The van der Waals surface area contributed by atoms with Crippen molar-refractivity contribution in [2.75, 3.05) is 24.6 Å². The number of allylic oxidation sites excluding steroid dienone is 6. The molecule has 54 heavy (non-hydrogen) atoms.